The van der Waals surface area contributed by atoms with Crippen LogP contribution in [0.3, 0.4) is 0 Å². The molecule has 0 atom stereocenters. The molecule has 0 heterocycles. The van der Waals surface area contributed by atoms with Crippen LogP contribution in [0, 0.1) is 0 Å². The molecule has 0 radical (unpaired) electrons. The zero-order valence-corrected chi connectivity index (χ0v) is 19.9. The molecule has 4 heteroatoms. The molecule has 4 nitrogen and oxygen atoms in total. The number of unbranched alkanes of at least 4 members (excludes halogenated alkanes) is 12. The Kier molecular flexibility index (Phi) is 22.9. The Labute approximate surface area is 186 Å². The van der Waals surface area contributed by atoms with Gasteiger partial charge in [-0.05, 0) is 32.1 Å². The van der Waals surface area contributed by atoms with Crippen LogP contribution in [0.15, 0.2) is 12.2 Å². The van der Waals surface area contributed by atoms with Gasteiger partial charge in [0, 0.05) is 12.8 Å². The van der Waals surface area contributed by atoms with Crippen LogP contribution in [0.4, 0.5) is 0 Å². The lowest BCUT2D eigenvalue weighted by atomic mass is 10.1. The van der Waals surface area contributed by atoms with Crippen molar-refractivity contribution in [1.82, 2.24) is 0 Å². The van der Waals surface area contributed by atoms with Gasteiger partial charge in [-0.1, -0.05) is 96.6 Å². The van der Waals surface area contributed by atoms with Gasteiger partial charge in [0.05, 0.1) is 13.2 Å². The summed E-state index contributed by atoms with van der Waals surface area (Å²) in [5.74, 6) is -0.430. The van der Waals surface area contributed by atoms with E-state index in [0.717, 1.165) is 25.7 Å². The minimum Gasteiger partial charge on any atom is -0.466 e. The Bertz CT molecular complexity index is 417. The van der Waals surface area contributed by atoms with Crippen LogP contribution >= 0.6 is 0 Å². The average molecular weight is 425 g/mol. The van der Waals surface area contributed by atoms with Gasteiger partial charge in [-0.2, -0.15) is 0 Å². The van der Waals surface area contributed by atoms with Crippen molar-refractivity contribution in [1.29, 1.82) is 0 Å². The largest absolute Gasteiger partial charge is 0.466 e. The summed E-state index contributed by atoms with van der Waals surface area (Å²) in [5.41, 5.74) is 0. The number of carbonyl (C=O) groups excluding carboxylic acids is 2. The molecule has 0 spiro atoms. The SMILES string of the molecule is CCCCCCCCCC/C=C/CCOC(=O)CCCC(=O)OCCCCCCC. The number of hydrogen-bond donors (Lipinski definition) is 0. The van der Waals surface area contributed by atoms with Crippen molar-refractivity contribution >= 4 is 11.9 Å². The van der Waals surface area contributed by atoms with Crippen molar-refractivity contribution in [2.45, 2.75) is 129 Å². The van der Waals surface area contributed by atoms with Crippen molar-refractivity contribution in [2.24, 2.45) is 0 Å². The first-order valence-electron chi connectivity index (χ1n) is 12.7. The van der Waals surface area contributed by atoms with Crippen LogP contribution in [-0.4, -0.2) is 25.2 Å². The molecule has 0 fully saturated rings. The van der Waals surface area contributed by atoms with E-state index in [9.17, 15) is 9.59 Å². The summed E-state index contributed by atoms with van der Waals surface area (Å²) < 4.78 is 10.4. The van der Waals surface area contributed by atoms with E-state index in [2.05, 4.69) is 26.0 Å². The molecule has 0 bridgehead atoms. The molecule has 0 saturated carbocycles. The van der Waals surface area contributed by atoms with Gasteiger partial charge in [-0.25, -0.2) is 0 Å². The fourth-order valence-electron chi connectivity index (χ4n) is 3.29. The van der Waals surface area contributed by atoms with Gasteiger partial charge >= 0.3 is 11.9 Å². The summed E-state index contributed by atoms with van der Waals surface area (Å²) in [6, 6.07) is 0. The summed E-state index contributed by atoms with van der Waals surface area (Å²) in [7, 11) is 0. The van der Waals surface area contributed by atoms with E-state index in [1.54, 1.807) is 0 Å². The first kappa shape index (κ1) is 28.7. The van der Waals surface area contributed by atoms with Gasteiger partial charge < -0.3 is 9.47 Å². The van der Waals surface area contributed by atoms with Gasteiger partial charge in [-0.3, -0.25) is 9.59 Å². The summed E-state index contributed by atoms with van der Waals surface area (Å²) >= 11 is 0. The van der Waals surface area contributed by atoms with Crippen molar-refractivity contribution < 1.29 is 19.1 Å². The van der Waals surface area contributed by atoms with Crippen molar-refractivity contribution in [3.8, 4) is 0 Å². The van der Waals surface area contributed by atoms with Gasteiger partial charge in [0.2, 0.25) is 0 Å². The summed E-state index contributed by atoms with van der Waals surface area (Å²) in [5, 5.41) is 0. The highest BCUT2D eigenvalue weighted by Gasteiger charge is 2.07. The normalized spacial score (nSPS) is 11.1. The highest BCUT2D eigenvalue weighted by atomic mass is 16.5. The van der Waals surface area contributed by atoms with Crippen LogP contribution in [-0.2, 0) is 19.1 Å². The molecule has 176 valence electrons. The van der Waals surface area contributed by atoms with Gasteiger partial charge in [-0.15, -0.1) is 0 Å². The molecule has 0 aliphatic heterocycles. The number of ether oxygens (including phenoxy) is 2. The molecular weight excluding hydrogens is 376 g/mol. The Morgan fingerprint density at radius 1 is 0.533 bits per heavy atom. The fraction of sp³-hybridized carbons (Fsp3) is 0.846. The quantitative estimate of drug-likeness (QED) is 0.101. The van der Waals surface area contributed by atoms with E-state index in [4.69, 9.17) is 9.47 Å². The third-order valence-corrected chi connectivity index (χ3v) is 5.21. The molecule has 0 aromatic rings. The molecule has 0 amide bonds. The van der Waals surface area contributed by atoms with Gasteiger partial charge in [0.15, 0.2) is 0 Å². The summed E-state index contributed by atoms with van der Waals surface area (Å²) in [6.07, 6.45) is 23.7. The molecule has 0 N–H and O–H groups in total. The van der Waals surface area contributed by atoms with Crippen LogP contribution in [0.1, 0.15) is 129 Å². The second-order valence-corrected chi connectivity index (χ2v) is 8.23. The topological polar surface area (TPSA) is 52.6 Å². The third kappa shape index (κ3) is 23.0. The van der Waals surface area contributed by atoms with Crippen molar-refractivity contribution in [3.63, 3.8) is 0 Å². The Morgan fingerprint density at radius 3 is 1.60 bits per heavy atom. The van der Waals surface area contributed by atoms with E-state index in [-0.39, 0.29) is 18.4 Å². The van der Waals surface area contributed by atoms with E-state index in [1.807, 2.05) is 0 Å². The maximum Gasteiger partial charge on any atom is 0.305 e. The lowest BCUT2D eigenvalue weighted by Gasteiger charge is -2.05. The second-order valence-electron chi connectivity index (χ2n) is 8.23. The fourth-order valence-corrected chi connectivity index (χ4v) is 3.29. The van der Waals surface area contributed by atoms with Crippen molar-refractivity contribution in [2.75, 3.05) is 13.2 Å². The first-order chi connectivity index (χ1) is 14.7. The molecular formula is C26H48O4. The smallest absolute Gasteiger partial charge is 0.305 e. The number of carbonyl (C=O) groups is 2. The standard InChI is InChI=1S/C26H48O4/c1-3-5-7-9-10-11-12-13-14-15-17-19-24-30-26(28)22-20-21-25(27)29-23-18-16-8-6-4-2/h15,17H,3-14,16,18-24H2,1-2H3/b17-15+. The molecule has 0 rings (SSSR count). The number of hydrogen-bond acceptors (Lipinski definition) is 4. The minimum absolute atomic E-state index is 0.206. The van der Waals surface area contributed by atoms with E-state index in [0.29, 0.717) is 26.1 Å². The number of rotatable bonds is 22. The maximum atomic E-state index is 11.7. The van der Waals surface area contributed by atoms with Crippen LogP contribution in [0.5, 0.6) is 0 Å². The monoisotopic (exact) mass is 424 g/mol. The molecule has 0 unspecified atom stereocenters. The second kappa shape index (κ2) is 24.0. The summed E-state index contributed by atoms with van der Waals surface area (Å²) in [4.78, 5) is 23.3. The minimum atomic E-state index is -0.223. The van der Waals surface area contributed by atoms with Gasteiger partial charge in [0.25, 0.3) is 0 Å². The molecule has 0 aromatic carbocycles. The maximum absolute atomic E-state index is 11.7. The molecule has 0 saturated heterocycles. The zero-order valence-electron chi connectivity index (χ0n) is 19.9. The Balaban J connectivity index is 3.36. The molecule has 0 aliphatic rings. The van der Waals surface area contributed by atoms with Crippen LogP contribution in [0.25, 0.3) is 0 Å². The number of allylic oxidation sites excluding steroid dienone is 1. The highest BCUT2D eigenvalue weighted by molar-refractivity contribution is 5.72. The molecule has 0 aromatic heterocycles. The lowest BCUT2D eigenvalue weighted by molar-refractivity contribution is -0.145. The van der Waals surface area contributed by atoms with Crippen LogP contribution < -0.4 is 0 Å². The van der Waals surface area contributed by atoms with Crippen LogP contribution in [0.2, 0.25) is 0 Å². The third-order valence-electron chi connectivity index (χ3n) is 5.21. The molecule has 0 aliphatic carbocycles. The Hall–Kier alpha value is -1.32. The number of esters is 2. The van der Waals surface area contributed by atoms with E-state index < -0.39 is 0 Å². The Morgan fingerprint density at radius 2 is 1.00 bits per heavy atom. The first-order valence-corrected chi connectivity index (χ1v) is 12.7. The predicted molar refractivity (Wildman–Crippen MR) is 126 cm³/mol. The van der Waals surface area contributed by atoms with Gasteiger partial charge in [0.1, 0.15) is 0 Å². The van der Waals surface area contributed by atoms with E-state index in [1.165, 1.54) is 70.6 Å². The summed E-state index contributed by atoms with van der Waals surface area (Å²) in [6.45, 7) is 5.36. The average Bonchev–Trinajstić information content (AvgIpc) is 2.74. The predicted octanol–water partition coefficient (Wildman–Crippen LogP) is 7.69. The lowest BCUT2D eigenvalue weighted by Crippen LogP contribution is -2.09. The van der Waals surface area contributed by atoms with E-state index >= 15 is 0 Å². The highest BCUT2D eigenvalue weighted by Crippen LogP contribution is 2.10. The van der Waals surface area contributed by atoms with Crippen molar-refractivity contribution in [3.05, 3.63) is 12.2 Å². The molecule has 30 heavy (non-hydrogen) atoms. The zero-order chi connectivity index (χ0) is 22.1.